The second-order valence-corrected chi connectivity index (χ2v) is 2.93. The first-order valence-electron chi connectivity index (χ1n) is 3.88. The van der Waals surface area contributed by atoms with Crippen molar-refractivity contribution in [3.05, 3.63) is 11.4 Å². The summed E-state index contributed by atoms with van der Waals surface area (Å²) in [4.78, 5) is 12.2. The molecule has 0 radical (unpaired) electrons. The highest BCUT2D eigenvalue weighted by Gasteiger charge is 2.19. The molecule has 12 heavy (non-hydrogen) atoms. The average Bonchev–Trinajstić information content (AvgIpc) is 2.47. The number of fused-ring (bicyclic) bond motifs is 1. The Morgan fingerprint density at radius 2 is 2.42 bits per heavy atom. The molecular formula is C7H10N4O. The number of rotatable bonds is 1. The van der Waals surface area contributed by atoms with Gasteiger partial charge in [0.2, 0.25) is 6.41 Å². The lowest BCUT2D eigenvalue weighted by Crippen LogP contribution is -2.29. The zero-order chi connectivity index (χ0) is 8.55. The fraction of sp³-hybridized carbons (Fsp3) is 0.571. The molecule has 0 bridgehead atoms. The van der Waals surface area contributed by atoms with Gasteiger partial charge in [0, 0.05) is 20.0 Å². The summed E-state index contributed by atoms with van der Waals surface area (Å²) in [7, 11) is 1.88. The van der Waals surface area contributed by atoms with Gasteiger partial charge in [0.05, 0.1) is 12.2 Å². The molecule has 1 aromatic heterocycles. The third-order valence-corrected chi connectivity index (χ3v) is 2.16. The Kier molecular flexibility index (Phi) is 1.56. The normalized spacial score (nSPS) is 15.9. The maximum Gasteiger partial charge on any atom is 0.210 e. The van der Waals surface area contributed by atoms with Crippen LogP contribution in [0.5, 0.6) is 0 Å². The third-order valence-electron chi connectivity index (χ3n) is 2.16. The van der Waals surface area contributed by atoms with Crippen LogP contribution in [-0.4, -0.2) is 32.8 Å². The Labute approximate surface area is 70.0 Å². The minimum Gasteiger partial charge on any atom is -0.339 e. The molecule has 0 atom stereocenters. The summed E-state index contributed by atoms with van der Waals surface area (Å²) in [6.07, 6.45) is 1.72. The Morgan fingerprint density at radius 1 is 1.58 bits per heavy atom. The van der Waals surface area contributed by atoms with Crippen LogP contribution in [0.4, 0.5) is 0 Å². The lowest BCUT2D eigenvalue weighted by molar-refractivity contribution is -0.119. The summed E-state index contributed by atoms with van der Waals surface area (Å²) >= 11 is 0. The first-order valence-corrected chi connectivity index (χ1v) is 3.88. The summed E-state index contributed by atoms with van der Waals surface area (Å²) in [5, 5.41) is 7.86. The molecule has 1 aromatic rings. The van der Waals surface area contributed by atoms with E-state index in [0.717, 1.165) is 30.8 Å². The standard InChI is InChI=1S/C7H10N4O/c1-10-7-2-3-11(5-12)4-6(7)8-9-10/h5H,2-4H2,1H3. The van der Waals surface area contributed by atoms with Crippen LogP contribution in [0, 0.1) is 0 Å². The van der Waals surface area contributed by atoms with E-state index in [1.807, 2.05) is 7.05 Å². The molecule has 5 nitrogen and oxygen atoms in total. The molecule has 0 saturated heterocycles. The van der Waals surface area contributed by atoms with Crippen molar-refractivity contribution >= 4 is 6.41 Å². The molecular weight excluding hydrogens is 156 g/mol. The molecule has 1 aliphatic rings. The molecule has 2 rings (SSSR count). The number of amides is 1. The van der Waals surface area contributed by atoms with Crippen LogP contribution in [0.15, 0.2) is 0 Å². The fourth-order valence-electron chi connectivity index (χ4n) is 1.46. The SMILES string of the molecule is Cn1nnc2c1CCN(C=O)C2. The van der Waals surface area contributed by atoms with E-state index >= 15 is 0 Å². The fourth-order valence-corrected chi connectivity index (χ4v) is 1.46. The molecule has 1 aliphatic heterocycles. The van der Waals surface area contributed by atoms with E-state index in [1.165, 1.54) is 0 Å². The Bertz CT molecular complexity index is 306. The number of carbonyl (C=O) groups excluding carboxylic acids is 1. The number of aryl methyl sites for hydroxylation is 1. The van der Waals surface area contributed by atoms with Crippen molar-refractivity contribution in [1.82, 2.24) is 19.9 Å². The van der Waals surface area contributed by atoms with Crippen LogP contribution in [0.2, 0.25) is 0 Å². The van der Waals surface area contributed by atoms with Crippen molar-refractivity contribution in [3.8, 4) is 0 Å². The summed E-state index contributed by atoms with van der Waals surface area (Å²) in [6.45, 7) is 1.38. The highest BCUT2D eigenvalue weighted by atomic mass is 16.1. The molecule has 0 aromatic carbocycles. The van der Waals surface area contributed by atoms with Gasteiger partial charge in [0.15, 0.2) is 0 Å². The van der Waals surface area contributed by atoms with Crippen LogP contribution in [0.3, 0.4) is 0 Å². The van der Waals surface area contributed by atoms with Crippen molar-refractivity contribution in [2.24, 2.45) is 7.05 Å². The predicted octanol–water partition coefficient (Wildman–Crippen LogP) is -0.670. The maximum absolute atomic E-state index is 10.4. The Morgan fingerprint density at radius 3 is 3.17 bits per heavy atom. The summed E-state index contributed by atoms with van der Waals surface area (Å²) in [6, 6.07) is 0. The molecule has 1 amide bonds. The van der Waals surface area contributed by atoms with Gasteiger partial charge in [-0.2, -0.15) is 0 Å². The molecule has 0 N–H and O–H groups in total. The topological polar surface area (TPSA) is 51.0 Å². The van der Waals surface area contributed by atoms with E-state index in [-0.39, 0.29) is 0 Å². The number of nitrogens with zero attached hydrogens (tertiary/aromatic N) is 4. The smallest absolute Gasteiger partial charge is 0.210 e. The van der Waals surface area contributed by atoms with Gasteiger partial charge in [0.25, 0.3) is 0 Å². The van der Waals surface area contributed by atoms with Crippen LogP contribution in [-0.2, 0) is 24.8 Å². The number of hydrogen-bond donors (Lipinski definition) is 0. The summed E-state index contributed by atoms with van der Waals surface area (Å²) < 4.78 is 1.78. The first kappa shape index (κ1) is 7.27. The third kappa shape index (κ3) is 0.975. The molecule has 0 fully saturated rings. The highest BCUT2D eigenvalue weighted by molar-refractivity contribution is 5.48. The van der Waals surface area contributed by atoms with Gasteiger partial charge in [0.1, 0.15) is 5.69 Å². The zero-order valence-electron chi connectivity index (χ0n) is 6.90. The van der Waals surface area contributed by atoms with E-state index < -0.39 is 0 Å². The van der Waals surface area contributed by atoms with Crippen molar-refractivity contribution < 1.29 is 4.79 Å². The van der Waals surface area contributed by atoms with Gasteiger partial charge in [-0.25, -0.2) is 0 Å². The molecule has 0 saturated carbocycles. The maximum atomic E-state index is 10.4. The number of carbonyl (C=O) groups is 1. The minimum absolute atomic E-state index is 0.604. The largest absolute Gasteiger partial charge is 0.339 e. The van der Waals surface area contributed by atoms with E-state index in [9.17, 15) is 4.79 Å². The van der Waals surface area contributed by atoms with Crippen LogP contribution >= 0.6 is 0 Å². The molecule has 0 unspecified atom stereocenters. The molecule has 2 heterocycles. The van der Waals surface area contributed by atoms with Crippen LogP contribution in [0.25, 0.3) is 0 Å². The lowest BCUT2D eigenvalue weighted by Gasteiger charge is -2.21. The van der Waals surface area contributed by atoms with Gasteiger partial charge in [-0.3, -0.25) is 9.48 Å². The zero-order valence-corrected chi connectivity index (χ0v) is 6.90. The van der Waals surface area contributed by atoms with E-state index in [4.69, 9.17) is 0 Å². The van der Waals surface area contributed by atoms with E-state index in [0.29, 0.717) is 6.54 Å². The minimum atomic E-state index is 0.604. The molecule has 64 valence electrons. The second kappa shape index (κ2) is 2.58. The number of aromatic nitrogens is 3. The van der Waals surface area contributed by atoms with Gasteiger partial charge in [-0.1, -0.05) is 5.21 Å². The van der Waals surface area contributed by atoms with Gasteiger partial charge in [-0.05, 0) is 0 Å². The Balaban J connectivity index is 2.30. The van der Waals surface area contributed by atoms with E-state index in [1.54, 1.807) is 9.58 Å². The Hall–Kier alpha value is -1.39. The highest BCUT2D eigenvalue weighted by Crippen LogP contribution is 2.13. The monoisotopic (exact) mass is 166 g/mol. The summed E-state index contributed by atoms with van der Waals surface area (Å²) in [5.41, 5.74) is 2.07. The molecule has 5 heteroatoms. The van der Waals surface area contributed by atoms with Crippen molar-refractivity contribution in [2.45, 2.75) is 13.0 Å². The molecule has 0 spiro atoms. The quantitative estimate of drug-likeness (QED) is 0.520. The van der Waals surface area contributed by atoms with Gasteiger partial charge in [-0.15, -0.1) is 5.10 Å². The number of hydrogen-bond acceptors (Lipinski definition) is 3. The van der Waals surface area contributed by atoms with Crippen molar-refractivity contribution in [2.75, 3.05) is 6.54 Å². The van der Waals surface area contributed by atoms with Crippen molar-refractivity contribution in [3.63, 3.8) is 0 Å². The van der Waals surface area contributed by atoms with Gasteiger partial charge >= 0.3 is 0 Å². The van der Waals surface area contributed by atoms with E-state index in [2.05, 4.69) is 10.3 Å². The van der Waals surface area contributed by atoms with Gasteiger partial charge < -0.3 is 4.90 Å². The molecule has 0 aliphatic carbocycles. The second-order valence-electron chi connectivity index (χ2n) is 2.93. The van der Waals surface area contributed by atoms with Crippen LogP contribution < -0.4 is 0 Å². The summed E-state index contributed by atoms with van der Waals surface area (Å²) in [5.74, 6) is 0. The first-order chi connectivity index (χ1) is 5.81. The van der Waals surface area contributed by atoms with Crippen molar-refractivity contribution in [1.29, 1.82) is 0 Å². The predicted molar refractivity (Wildman–Crippen MR) is 41.2 cm³/mol. The average molecular weight is 166 g/mol. The lowest BCUT2D eigenvalue weighted by atomic mass is 10.1. The van der Waals surface area contributed by atoms with Crippen LogP contribution in [0.1, 0.15) is 11.4 Å².